The van der Waals surface area contributed by atoms with Crippen LogP contribution in [-0.2, 0) is 11.2 Å². The molecule has 0 heterocycles. The summed E-state index contributed by atoms with van der Waals surface area (Å²) >= 11 is 0. The lowest BCUT2D eigenvalue weighted by molar-refractivity contribution is -0.127. The number of hydrogen-bond acceptors (Lipinski definition) is 3. The normalized spacial score (nSPS) is 11.7. The third-order valence-corrected chi connectivity index (χ3v) is 3.99. The van der Waals surface area contributed by atoms with Gasteiger partial charge in [-0.2, -0.15) is 0 Å². The molecule has 0 aliphatic rings. The molecule has 0 bridgehead atoms. The number of methoxy groups -OCH3 is 1. The van der Waals surface area contributed by atoms with Crippen LogP contribution >= 0.6 is 0 Å². The average molecular weight is 341 g/mol. The van der Waals surface area contributed by atoms with E-state index in [1.165, 1.54) is 0 Å². The number of ether oxygens (including phenoxy) is 2. The van der Waals surface area contributed by atoms with Gasteiger partial charge < -0.3 is 14.8 Å². The van der Waals surface area contributed by atoms with Crippen molar-refractivity contribution in [2.45, 2.75) is 39.7 Å². The van der Waals surface area contributed by atoms with Gasteiger partial charge in [0.1, 0.15) is 11.5 Å². The molecule has 0 aliphatic carbocycles. The summed E-state index contributed by atoms with van der Waals surface area (Å²) in [6, 6.07) is 13.9. The van der Waals surface area contributed by atoms with Crippen LogP contribution in [0.2, 0.25) is 0 Å². The molecule has 2 rings (SSSR count). The molecule has 134 valence electrons. The highest BCUT2D eigenvalue weighted by Crippen LogP contribution is 2.19. The van der Waals surface area contributed by atoms with Crippen molar-refractivity contribution in [1.29, 1.82) is 0 Å². The predicted molar refractivity (Wildman–Crippen MR) is 100 cm³/mol. The summed E-state index contributed by atoms with van der Waals surface area (Å²) in [5.41, 5.74) is 3.40. The second-order valence-electron chi connectivity index (χ2n) is 6.29. The molecule has 4 heteroatoms. The minimum atomic E-state index is -0.521. The molecule has 0 radical (unpaired) electrons. The van der Waals surface area contributed by atoms with Crippen LogP contribution in [0.15, 0.2) is 42.5 Å². The van der Waals surface area contributed by atoms with E-state index in [9.17, 15) is 4.79 Å². The first-order valence-corrected chi connectivity index (χ1v) is 8.64. The second kappa shape index (κ2) is 9.11. The zero-order valence-corrected chi connectivity index (χ0v) is 15.5. The maximum atomic E-state index is 12.2. The van der Waals surface area contributed by atoms with Crippen molar-refractivity contribution in [2.24, 2.45) is 0 Å². The van der Waals surface area contributed by atoms with Crippen molar-refractivity contribution >= 4 is 5.91 Å². The second-order valence-corrected chi connectivity index (χ2v) is 6.29. The lowest BCUT2D eigenvalue weighted by Crippen LogP contribution is -2.37. The molecule has 0 saturated heterocycles. The maximum Gasteiger partial charge on any atom is 0.260 e. The van der Waals surface area contributed by atoms with Crippen LogP contribution in [0.1, 0.15) is 30.0 Å². The maximum absolute atomic E-state index is 12.2. The summed E-state index contributed by atoms with van der Waals surface area (Å²) in [5.74, 6) is 1.52. The van der Waals surface area contributed by atoms with Gasteiger partial charge >= 0.3 is 0 Å². The Hall–Kier alpha value is -2.49. The van der Waals surface area contributed by atoms with Gasteiger partial charge in [-0.05, 0) is 68.5 Å². The molecule has 1 atom stereocenters. The molecule has 1 N–H and O–H groups in total. The lowest BCUT2D eigenvalue weighted by Gasteiger charge is -2.16. The number of carbonyl (C=O) groups is 1. The van der Waals surface area contributed by atoms with Crippen LogP contribution in [0.25, 0.3) is 0 Å². The fourth-order valence-corrected chi connectivity index (χ4v) is 2.80. The monoisotopic (exact) mass is 341 g/mol. The minimum Gasteiger partial charge on any atom is -0.496 e. The topological polar surface area (TPSA) is 47.6 Å². The van der Waals surface area contributed by atoms with E-state index in [2.05, 4.69) is 11.4 Å². The van der Waals surface area contributed by atoms with Crippen LogP contribution < -0.4 is 14.8 Å². The summed E-state index contributed by atoms with van der Waals surface area (Å²) in [4.78, 5) is 12.2. The molecule has 4 nitrogen and oxygen atoms in total. The molecule has 0 aromatic heterocycles. The van der Waals surface area contributed by atoms with Crippen LogP contribution in [0, 0.1) is 13.8 Å². The van der Waals surface area contributed by atoms with E-state index in [0.717, 1.165) is 41.0 Å². The molecule has 25 heavy (non-hydrogen) atoms. The summed E-state index contributed by atoms with van der Waals surface area (Å²) in [7, 11) is 1.67. The fraction of sp³-hybridized carbons (Fsp3) is 0.381. The van der Waals surface area contributed by atoms with Gasteiger partial charge in [-0.15, -0.1) is 0 Å². The number of carbonyl (C=O) groups excluding carboxylic acids is 1. The van der Waals surface area contributed by atoms with Gasteiger partial charge in [0.2, 0.25) is 0 Å². The first-order valence-electron chi connectivity index (χ1n) is 8.64. The molecule has 0 spiro atoms. The lowest BCUT2D eigenvalue weighted by atomic mass is 10.1. The number of aryl methyl sites for hydroxylation is 3. The number of rotatable bonds is 8. The van der Waals surface area contributed by atoms with E-state index >= 15 is 0 Å². The zero-order chi connectivity index (χ0) is 18.2. The van der Waals surface area contributed by atoms with Gasteiger partial charge in [-0.25, -0.2) is 0 Å². The molecule has 0 saturated carbocycles. The van der Waals surface area contributed by atoms with E-state index in [0.29, 0.717) is 6.54 Å². The van der Waals surface area contributed by atoms with Crippen LogP contribution in [0.5, 0.6) is 11.5 Å². The van der Waals surface area contributed by atoms with Gasteiger partial charge in [0, 0.05) is 6.54 Å². The van der Waals surface area contributed by atoms with Gasteiger partial charge in [-0.1, -0.05) is 24.3 Å². The van der Waals surface area contributed by atoms with E-state index in [4.69, 9.17) is 9.47 Å². The van der Waals surface area contributed by atoms with Crippen molar-refractivity contribution < 1.29 is 14.3 Å². The van der Waals surface area contributed by atoms with Crippen molar-refractivity contribution in [3.05, 3.63) is 59.2 Å². The van der Waals surface area contributed by atoms with E-state index < -0.39 is 6.10 Å². The fourth-order valence-electron chi connectivity index (χ4n) is 2.80. The Bertz CT molecular complexity index is 692. The zero-order valence-electron chi connectivity index (χ0n) is 15.5. The third-order valence-electron chi connectivity index (χ3n) is 3.99. The summed E-state index contributed by atoms with van der Waals surface area (Å²) in [6.07, 6.45) is 1.19. The van der Waals surface area contributed by atoms with E-state index in [1.54, 1.807) is 14.0 Å². The largest absolute Gasteiger partial charge is 0.496 e. The first kappa shape index (κ1) is 18.8. The van der Waals surface area contributed by atoms with Gasteiger partial charge in [0.05, 0.1) is 7.11 Å². The van der Waals surface area contributed by atoms with Crippen molar-refractivity contribution in [3.8, 4) is 11.5 Å². The average Bonchev–Trinajstić information content (AvgIpc) is 2.57. The van der Waals surface area contributed by atoms with Crippen molar-refractivity contribution in [2.75, 3.05) is 13.7 Å². The SMILES string of the molecule is COc1ccccc1CCCNC(=O)[C@@H](C)Oc1cc(C)cc(C)c1. The number of nitrogens with one attached hydrogen (secondary N) is 1. The first-order chi connectivity index (χ1) is 12.0. The smallest absolute Gasteiger partial charge is 0.260 e. The Morgan fingerprint density at radius 1 is 1.12 bits per heavy atom. The quantitative estimate of drug-likeness (QED) is 0.742. The van der Waals surface area contributed by atoms with Crippen molar-refractivity contribution in [1.82, 2.24) is 5.32 Å². The number of para-hydroxylation sites is 1. The van der Waals surface area contributed by atoms with Gasteiger partial charge in [-0.3, -0.25) is 4.79 Å². The molecule has 2 aromatic rings. The summed E-state index contributed by atoms with van der Waals surface area (Å²) in [5, 5.41) is 2.93. The molecule has 0 fully saturated rings. The predicted octanol–water partition coefficient (Wildman–Crippen LogP) is 3.83. The Morgan fingerprint density at radius 3 is 2.48 bits per heavy atom. The molecule has 1 amide bonds. The van der Waals surface area contributed by atoms with Crippen molar-refractivity contribution in [3.63, 3.8) is 0 Å². The highest BCUT2D eigenvalue weighted by molar-refractivity contribution is 5.80. The third kappa shape index (κ3) is 5.82. The van der Waals surface area contributed by atoms with Crippen LogP contribution in [-0.4, -0.2) is 25.7 Å². The van der Waals surface area contributed by atoms with E-state index in [1.807, 2.05) is 50.2 Å². The highest BCUT2D eigenvalue weighted by atomic mass is 16.5. The summed E-state index contributed by atoms with van der Waals surface area (Å²) < 4.78 is 11.1. The minimum absolute atomic E-state index is 0.0980. The molecule has 2 aromatic carbocycles. The number of hydrogen-bond donors (Lipinski definition) is 1. The molecular weight excluding hydrogens is 314 g/mol. The van der Waals surface area contributed by atoms with Crippen LogP contribution in [0.3, 0.4) is 0 Å². The Morgan fingerprint density at radius 2 is 1.80 bits per heavy atom. The molecule has 0 unspecified atom stereocenters. The van der Waals surface area contributed by atoms with Gasteiger partial charge in [0.15, 0.2) is 6.10 Å². The molecule has 0 aliphatic heterocycles. The van der Waals surface area contributed by atoms with Gasteiger partial charge in [0.25, 0.3) is 5.91 Å². The van der Waals surface area contributed by atoms with Crippen LogP contribution in [0.4, 0.5) is 0 Å². The number of amides is 1. The molecular formula is C21H27NO3. The Kier molecular flexibility index (Phi) is 6.87. The number of benzene rings is 2. The Balaban J connectivity index is 1.77. The standard InChI is InChI=1S/C21H27NO3/c1-15-12-16(2)14-19(13-15)25-17(3)21(23)22-11-7-9-18-8-5-6-10-20(18)24-4/h5-6,8,10,12-14,17H,7,9,11H2,1-4H3,(H,22,23)/t17-/m1/s1. The highest BCUT2D eigenvalue weighted by Gasteiger charge is 2.14. The summed E-state index contributed by atoms with van der Waals surface area (Å²) in [6.45, 7) is 6.41. The Labute approximate surface area is 150 Å². The van der Waals surface area contributed by atoms with E-state index in [-0.39, 0.29) is 5.91 Å².